The van der Waals surface area contributed by atoms with Gasteiger partial charge in [-0.3, -0.25) is 0 Å². The topological polar surface area (TPSA) is 19.9 Å². The molecule has 0 aromatic heterocycles. The van der Waals surface area contributed by atoms with Gasteiger partial charge in [0.1, 0.15) is 0 Å². The highest BCUT2D eigenvalue weighted by atomic mass is 79.9. The highest BCUT2D eigenvalue weighted by Crippen LogP contribution is 2.28. The molecule has 0 N–H and O–H groups in total. The quantitative estimate of drug-likeness (QED) is 0.706. The highest BCUT2D eigenvalue weighted by Gasteiger charge is 2.25. The summed E-state index contributed by atoms with van der Waals surface area (Å²) in [5.41, 5.74) is 0. The summed E-state index contributed by atoms with van der Waals surface area (Å²) < 4.78 is -0.0380. The van der Waals surface area contributed by atoms with Crippen LogP contribution in [0.4, 0.5) is 0 Å². The molecular formula is C8H15Br2O. The van der Waals surface area contributed by atoms with E-state index in [-0.39, 0.29) is 10.2 Å². The average Bonchev–Trinajstić information content (AvgIpc) is 1.87. The van der Waals surface area contributed by atoms with Crippen LogP contribution < -0.4 is 0 Å². The van der Waals surface area contributed by atoms with E-state index in [1.54, 1.807) is 0 Å². The van der Waals surface area contributed by atoms with E-state index >= 15 is 0 Å². The Labute approximate surface area is 85.8 Å². The first-order valence-corrected chi connectivity index (χ1v) is 5.71. The second kappa shape index (κ2) is 4.83. The van der Waals surface area contributed by atoms with Gasteiger partial charge < -0.3 is 0 Å². The van der Waals surface area contributed by atoms with Crippen LogP contribution in [0.2, 0.25) is 0 Å². The van der Waals surface area contributed by atoms with Crippen molar-refractivity contribution >= 4 is 31.9 Å². The number of hydrogen-bond donors (Lipinski definition) is 0. The molecule has 0 fully saturated rings. The fraction of sp³-hybridized carbons (Fsp3) is 1.00. The normalized spacial score (nSPS) is 19.9. The van der Waals surface area contributed by atoms with Gasteiger partial charge in [0.2, 0.25) is 0 Å². The molecule has 3 heteroatoms. The predicted molar refractivity (Wildman–Crippen MR) is 55.1 cm³/mol. The van der Waals surface area contributed by atoms with Crippen molar-refractivity contribution in [3.05, 3.63) is 0 Å². The summed E-state index contributed by atoms with van der Waals surface area (Å²) >= 11 is 6.87. The Morgan fingerprint density at radius 1 is 1.45 bits per heavy atom. The van der Waals surface area contributed by atoms with E-state index in [2.05, 4.69) is 31.9 Å². The smallest absolute Gasteiger partial charge is 0.0966 e. The van der Waals surface area contributed by atoms with Crippen LogP contribution in [0.1, 0.15) is 27.2 Å². The number of halogens is 2. The molecule has 1 radical (unpaired) electrons. The third-order valence-corrected chi connectivity index (χ3v) is 4.24. The number of rotatable bonds is 4. The van der Waals surface area contributed by atoms with Crippen LogP contribution in [0, 0.1) is 5.92 Å². The third kappa shape index (κ3) is 5.21. The maximum absolute atomic E-state index is 11.3. The van der Waals surface area contributed by atoms with E-state index in [1.165, 1.54) is 0 Å². The molecular weight excluding hydrogens is 272 g/mol. The Morgan fingerprint density at radius 3 is 2.18 bits per heavy atom. The zero-order valence-electron chi connectivity index (χ0n) is 7.23. The first-order valence-electron chi connectivity index (χ1n) is 3.80. The minimum atomic E-state index is -0.461. The largest absolute Gasteiger partial charge is 0.233 e. The summed E-state index contributed by atoms with van der Waals surface area (Å²) in [6, 6.07) is 0. The van der Waals surface area contributed by atoms with Crippen molar-refractivity contribution < 1.29 is 5.11 Å². The maximum Gasteiger partial charge on any atom is 0.0966 e. The van der Waals surface area contributed by atoms with E-state index < -0.39 is 6.10 Å². The fourth-order valence-corrected chi connectivity index (χ4v) is 1.26. The second-order valence-corrected chi connectivity index (χ2v) is 6.01. The second-order valence-electron chi connectivity index (χ2n) is 3.53. The van der Waals surface area contributed by atoms with Crippen molar-refractivity contribution in [2.24, 2.45) is 5.92 Å². The van der Waals surface area contributed by atoms with E-state index in [9.17, 15) is 5.11 Å². The van der Waals surface area contributed by atoms with Gasteiger partial charge in [-0.1, -0.05) is 45.7 Å². The Hall–Kier alpha value is 0.920. The predicted octanol–water partition coefficient (Wildman–Crippen LogP) is 3.38. The van der Waals surface area contributed by atoms with Crippen molar-refractivity contribution in [2.45, 2.75) is 37.6 Å². The van der Waals surface area contributed by atoms with Crippen LogP contribution >= 0.6 is 31.9 Å². The van der Waals surface area contributed by atoms with Gasteiger partial charge in [-0.25, -0.2) is 5.11 Å². The fourth-order valence-electron chi connectivity index (χ4n) is 0.710. The zero-order chi connectivity index (χ0) is 9.07. The molecule has 0 rings (SSSR count). The van der Waals surface area contributed by atoms with Gasteiger partial charge in [-0.15, -0.1) is 0 Å². The average molecular weight is 287 g/mol. The molecule has 0 bridgehead atoms. The Kier molecular flexibility index (Phi) is 5.23. The minimum Gasteiger partial charge on any atom is -0.233 e. The van der Waals surface area contributed by atoms with E-state index in [0.29, 0.717) is 6.42 Å². The summed E-state index contributed by atoms with van der Waals surface area (Å²) in [5.74, 6) is 0.228. The Morgan fingerprint density at radius 2 is 1.91 bits per heavy atom. The molecule has 1 nitrogen and oxygen atoms in total. The maximum atomic E-state index is 11.3. The molecule has 0 spiro atoms. The van der Waals surface area contributed by atoms with Gasteiger partial charge in [-0.05, 0) is 19.3 Å². The molecule has 0 aliphatic rings. The van der Waals surface area contributed by atoms with Crippen molar-refractivity contribution in [1.82, 2.24) is 0 Å². The summed E-state index contributed by atoms with van der Waals surface area (Å²) in [4.78, 5) is 0. The molecule has 0 heterocycles. The molecule has 0 aromatic rings. The van der Waals surface area contributed by atoms with Crippen LogP contribution in [0.5, 0.6) is 0 Å². The van der Waals surface area contributed by atoms with Crippen molar-refractivity contribution in [3.8, 4) is 0 Å². The summed E-state index contributed by atoms with van der Waals surface area (Å²) in [7, 11) is 0. The van der Waals surface area contributed by atoms with Crippen molar-refractivity contribution in [2.75, 3.05) is 5.33 Å². The Balaban J connectivity index is 3.83. The first-order chi connectivity index (χ1) is 4.89. The lowest BCUT2D eigenvalue weighted by Gasteiger charge is -2.23. The monoisotopic (exact) mass is 285 g/mol. The van der Waals surface area contributed by atoms with Crippen LogP contribution in [-0.4, -0.2) is 15.8 Å². The molecule has 0 saturated heterocycles. The summed E-state index contributed by atoms with van der Waals surface area (Å²) in [6.07, 6.45) is 0.215. The van der Waals surface area contributed by atoms with E-state index in [0.717, 1.165) is 5.33 Å². The number of alkyl halides is 2. The van der Waals surface area contributed by atoms with E-state index in [1.807, 2.05) is 20.8 Å². The standard InChI is InChI=1S/C8H15Br2O/c1-6(2)7(11)4-8(3,10)5-9/h6-7H,4-5H2,1-3H3. The SMILES string of the molecule is CC(C)C([O])CC(C)(Br)CBr. The Bertz CT molecular complexity index is 113. The molecule has 2 unspecified atom stereocenters. The van der Waals surface area contributed by atoms with Crippen LogP contribution in [-0.2, 0) is 5.11 Å². The van der Waals surface area contributed by atoms with Crippen LogP contribution in [0.25, 0.3) is 0 Å². The summed E-state index contributed by atoms with van der Waals surface area (Å²) in [5, 5.41) is 12.2. The van der Waals surface area contributed by atoms with Gasteiger partial charge in [0.25, 0.3) is 0 Å². The van der Waals surface area contributed by atoms with Gasteiger partial charge >= 0.3 is 0 Å². The molecule has 0 aliphatic carbocycles. The van der Waals surface area contributed by atoms with Crippen molar-refractivity contribution in [3.63, 3.8) is 0 Å². The first kappa shape index (κ1) is 11.9. The molecule has 2 atom stereocenters. The molecule has 0 saturated carbocycles. The number of hydrogen-bond acceptors (Lipinski definition) is 0. The lowest BCUT2D eigenvalue weighted by molar-refractivity contribution is 0.0377. The minimum absolute atomic E-state index is 0.0380. The van der Waals surface area contributed by atoms with E-state index in [4.69, 9.17) is 0 Å². The molecule has 11 heavy (non-hydrogen) atoms. The van der Waals surface area contributed by atoms with Gasteiger partial charge in [0.15, 0.2) is 0 Å². The lowest BCUT2D eigenvalue weighted by Crippen LogP contribution is -2.27. The zero-order valence-corrected chi connectivity index (χ0v) is 10.4. The molecule has 67 valence electrons. The van der Waals surface area contributed by atoms with Gasteiger partial charge in [0, 0.05) is 9.65 Å². The van der Waals surface area contributed by atoms with Gasteiger partial charge in [0.05, 0.1) is 6.10 Å². The summed E-state index contributed by atoms with van der Waals surface area (Å²) in [6.45, 7) is 5.97. The van der Waals surface area contributed by atoms with Gasteiger partial charge in [-0.2, -0.15) is 0 Å². The third-order valence-electron chi connectivity index (χ3n) is 1.65. The van der Waals surface area contributed by atoms with Crippen molar-refractivity contribution in [1.29, 1.82) is 0 Å². The highest BCUT2D eigenvalue weighted by molar-refractivity contribution is 9.12. The van der Waals surface area contributed by atoms with Crippen LogP contribution in [0.3, 0.4) is 0 Å². The molecule has 0 aliphatic heterocycles. The lowest BCUT2D eigenvalue weighted by atomic mass is 9.97. The molecule has 0 aromatic carbocycles. The molecule has 0 amide bonds. The van der Waals surface area contributed by atoms with Crippen LogP contribution in [0.15, 0.2) is 0 Å².